The van der Waals surface area contributed by atoms with Crippen LogP contribution in [-0.2, 0) is 4.79 Å². The number of aliphatic hydroxyl groups is 1. The van der Waals surface area contributed by atoms with Crippen molar-refractivity contribution in [3.8, 4) is 0 Å². The summed E-state index contributed by atoms with van der Waals surface area (Å²) >= 11 is 0. The first-order valence-corrected chi connectivity index (χ1v) is 12.0. The monoisotopic (exact) mass is 384 g/mol. The van der Waals surface area contributed by atoms with Gasteiger partial charge in [0, 0.05) is 0 Å². The van der Waals surface area contributed by atoms with Crippen molar-refractivity contribution in [3.05, 3.63) is 0 Å². The zero-order chi connectivity index (χ0) is 20.2. The van der Waals surface area contributed by atoms with E-state index < -0.39 is 11.6 Å². The molecule has 0 radical (unpaired) electrons. The number of rotatable bonds is 21. The summed E-state index contributed by atoms with van der Waals surface area (Å²) in [5.41, 5.74) is -1.50. The fraction of sp³-hybridized carbons (Fsp3) is 0.958. The number of carbonyl (C=O) groups is 1. The first-order valence-electron chi connectivity index (χ1n) is 12.0. The molecule has 0 heterocycles. The number of aliphatic carboxylic acids is 1. The highest BCUT2D eigenvalue weighted by Crippen LogP contribution is 2.23. The predicted octanol–water partition coefficient (Wildman–Crippen LogP) is 7.64. The summed E-state index contributed by atoms with van der Waals surface area (Å²) in [6.45, 7) is 4.40. The molecule has 0 aliphatic rings. The lowest BCUT2D eigenvalue weighted by Gasteiger charge is -2.23. The van der Waals surface area contributed by atoms with Crippen LogP contribution in [0.5, 0.6) is 0 Å². The largest absolute Gasteiger partial charge is 0.479 e. The van der Waals surface area contributed by atoms with Gasteiger partial charge < -0.3 is 10.2 Å². The van der Waals surface area contributed by atoms with Crippen LogP contribution in [0.25, 0.3) is 0 Å². The Morgan fingerprint density at radius 1 is 0.556 bits per heavy atom. The van der Waals surface area contributed by atoms with E-state index in [2.05, 4.69) is 13.8 Å². The summed E-state index contributed by atoms with van der Waals surface area (Å²) in [5.74, 6) is -1.03. The number of unbranched alkanes of at least 4 members (excludes halogenated alkanes) is 16. The van der Waals surface area contributed by atoms with Crippen LogP contribution in [0.2, 0.25) is 0 Å². The molecule has 0 saturated heterocycles. The zero-order valence-corrected chi connectivity index (χ0v) is 18.4. The van der Waals surface area contributed by atoms with Crippen LogP contribution >= 0.6 is 0 Å². The second kappa shape index (κ2) is 18.8. The molecule has 0 saturated carbocycles. The van der Waals surface area contributed by atoms with Gasteiger partial charge in [-0.25, -0.2) is 4.79 Å². The fourth-order valence-electron chi connectivity index (χ4n) is 3.80. The summed E-state index contributed by atoms with van der Waals surface area (Å²) in [7, 11) is 0. The third-order valence-electron chi connectivity index (χ3n) is 5.79. The Kier molecular flexibility index (Phi) is 18.4. The molecule has 0 spiro atoms. The molecule has 0 aromatic rings. The normalized spacial score (nSPS) is 13.6. The first-order chi connectivity index (χ1) is 13.1. The van der Waals surface area contributed by atoms with Crippen LogP contribution in [0.1, 0.15) is 142 Å². The second-order valence-corrected chi connectivity index (χ2v) is 8.49. The van der Waals surface area contributed by atoms with E-state index in [0.717, 1.165) is 38.5 Å². The van der Waals surface area contributed by atoms with E-state index in [4.69, 9.17) is 0 Å². The molecule has 0 aromatic carbocycles. The molecule has 0 aliphatic heterocycles. The Bertz CT molecular complexity index is 330. The molecule has 162 valence electrons. The number of carboxylic acids is 1. The Balaban J connectivity index is 3.50. The molecule has 2 N–H and O–H groups in total. The predicted molar refractivity (Wildman–Crippen MR) is 116 cm³/mol. The fourth-order valence-corrected chi connectivity index (χ4v) is 3.80. The van der Waals surface area contributed by atoms with E-state index in [9.17, 15) is 15.0 Å². The molecule has 0 fully saturated rings. The van der Waals surface area contributed by atoms with Crippen molar-refractivity contribution in [2.24, 2.45) is 0 Å². The van der Waals surface area contributed by atoms with Crippen molar-refractivity contribution in [1.82, 2.24) is 0 Å². The molecule has 1 unspecified atom stereocenters. The van der Waals surface area contributed by atoms with E-state index >= 15 is 0 Å². The Hall–Kier alpha value is -0.570. The average Bonchev–Trinajstić information content (AvgIpc) is 2.65. The number of hydrogen-bond acceptors (Lipinski definition) is 2. The minimum Gasteiger partial charge on any atom is -0.479 e. The molecule has 1 atom stereocenters. The quantitative estimate of drug-likeness (QED) is 0.200. The van der Waals surface area contributed by atoms with Crippen molar-refractivity contribution in [3.63, 3.8) is 0 Å². The second-order valence-electron chi connectivity index (χ2n) is 8.49. The maximum atomic E-state index is 11.4. The molecular weight excluding hydrogens is 336 g/mol. The zero-order valence-electron chi connectivity index (χ0n) is 18.4. The van der Waals surface area contributed by atoms with Crippen LogP contribution in [-0.4, -0.2) is 21.8 Å². The number of carboxylic acid groups (broad SMARTS) is 1. The van der Waals surface area contributed by atoms with Crippen molar-refractivity contribution in [2.75, 3.05) is 0 Å². The van der Waals surface area contributed by atoms with Crippen LogP contribution < -0.4 is 0 Å². The lowest BCUT2D eigenvalue weighted by atomic mass is 9.90. The summed E-state index contributed by atoms with van der Waals surface area (Å²) in [6.07, 6.45) is 22.9. The molecular formula is C24H48O3. The summed E-state index contributed by atoms with van der Waals surface area (Å²) < 4.78 is 0. The summed E-state index contributed by atoms with van der Waals surface area (Å²) in [5, 5.41) is 19.7. The van der Waals surface area contributed by atoms with E-state index in [1.165, 1.54) is 77.0 Å². The molecule has 27 heavy (non-hydrogen) atoms. The highest BCUT2D eigenvalue weighted by Gasteiger charge is 2.34. The maximum absolute atomic E-state index is 11.4. The van der Waals surface area contributed by atoms with Crippen molar-refractivity contribution in [2.45, 2.75) is 148 Å². The highest BCUT2D eigenvalue weighted by atomic mass is 16.4. The van der Waals surface area contributed by atoms with Gasteiger partial charge in [-0.15, -0.1) is 0 Å². The average molecular weight is 385 g/mol. The van der Waals surface area contributed by atoms with E-state index in [0.29, 0.717) is 12.8 Å². The molecule has 0 rings (SSSR count). The van der Waals surface area contributed by atoms with E-state index in [1.54, 1.807) is 0 Å². The maximum Gasteiger partial charge on any atom is 0.335 e. The smallest absolute Gasteiger partial charge is 0.335 e. The van der Waals surface area contributed by atoms with Gasteiger partial charge in [-0.1, -0.05) is 117 Å². The Labute approximate surface area is 169 Å². The van der Waals surface area contributed by atoms with Gasteiger partial charge in [-0.3, -0.25) is 0 Å². The van der Waals surface area contributed by atoms with Gasteiger partial charge in [-0.2, -0.15) is 0 Å². The summed E-state index contributed by atoms with van der Waals surface area (Å²) in [6, 6.07) is 0. The molecule has 0 aliphatic carbocycles. The Morgan fingerprint density at radius 2 is 0.815 bits per heavy atom. The molecule has 3 heteroatoms. The Morgan fingerprint density at radius 3 is 1.11 bits per heavy atom. The minimum absolute atomic E-state index is 0.404. The van der Waals surface area contributed by atoms with E-state index in [1.807, 2.05) is 0 Å². The van der Waals surface area contributed by atoms with Gasteiger partial charge >= 0.3 is 5.97 Å². The molecule has 3 nitrogen and oxygen atoms in total. The van der Waals surface area contributed by atoms with Crippen LogP contribution in [0.15, 0.2) is 0 Å². The SMILES string of the molecule is CCCCCCCCCCCCCCCCC(O)(CCCCCC)C(=O)O. The lowest BCUT2D eigenvalue weighted by Crippen LogP contribution is -2.38. The van der Waals surface area contributed by atoms with Crippen molar-refractivity contribution >= 4 is 5.97 Å². The van der Waals surface area contributed by atoms with E-state index in [-0.39, 0.29) is 0 Å². The first kappa shape index (κ1) is 26.4. The van der Waals surface area contributed by atoms with Crippen LogP contribution in [0.4, 0.5) is 0 Å². The minimum atomic E-state index is -1.50. The molecule has 0 amide bonds. The third kappa shape index (κ3) is 16.1. The summed E-state index contributed by atoms with van der Waals surface area (Å²) in [4.78, 5) is 11.4. The van der Waals surface area contributed by atoms with Gasteiger partial charge in [-0.05, 0) is 25.7 Å². The van der Waals surface area contributed by atoms with Crippen molar-refractivity contribution < 1.29 is 15.0 Å². The molecule has 0 aromatic heterocycles. The standard InChI is InChI=1S/C24H48O3/c1-3-5-7-9-10-11-12-13-14-15-16-17-18-20-22-24(27,23(25)26)21-19-8-6-4-2/h27H,3-22H2,1-2H3,(H,25,26). The van der Waals surface area contributed by atoms with Crippen LogP contribution in [0.3, 0.4) is 0 Å². The van der Waals surface area contributed by atoms with Gasteiger partial charge in [0.2, 0.25) is 0 Å². The van der Waals surface area contributed by atoms with Gasteiger partial charge in [0.25, 0.3) is 0 Å². The van der Waals surface area contributed by atoms with Crippen LogP contribution in [0, 0.1) is 0 Å². The highest BCUT2D eigenvalue weighted by molar-refractivity contribution is 5.76. The lowest BCUT2D eigenvalue weighted by molar-refractivity contribution is -0.160. The number of hydrogen-bond donors (Lipinski definition) is 2. The molecule has 0 bridgehead atoms. The topological polar surface area (TPSA) is 57.5 Å². The van der Waals surface area contributed by atoms with Crippen molar-refractivity contribution in [1.29, 1.82) is 0 Å². The third-order valence-corrected chi connectivity index (χ3v) is 5.79. The van der Waals surface area contributed by atoms with Gasteiger partial charge in [0.05, 0.1) is 0 Å². The van der Waals surface area contributed by atoms with Gasteiger partial charge in [0.1, 0.15) is 0 Å². The van der Waals surface area contributed by atoms with Gasteiger partial charge in [0.15, 0.2) is 5.60 Å².